The number of rotatable bonds is 2. The average molecular weight is 254 g/mol. The molecule has 0 spiro atoms. The quantitative estimate of drug-likeness (QED) is 0.462. The summed E-state index contributed by atoms with van der Waals surface area (Å²) in [6, 6.07) is 10.4. The molecule has 4 heteroatoms. The minimum absolute atomic E-state index is 0.0698. The highest BCUT2D eigenvalue weighted by atomic mass is 16.6. The van der Waals surface area contributed by atoms with E-state index in [-0.39, 0.29) is 5.57 Å². The normalized spacial score (nSPS) is 11.3. The number of carbonyl (C=O) groups is 1. The number of nitrogens with zero attached hydrogens (tertiary/aromatic N) is 2. The lowest BCUT2D eigenvalue weighted by Crippen LogP contribution is -2.24. The van der Waals surface area contributed by atoms with Gasteiger partial charge in [-0.3, -0.25) is 0 Å². The van der Waals surface area contributed by atoms with Crippen molar-refractivity contribution >= 4 is 12.0 Å². The molecule has 0 radical (unpaired) electrons. The molecule has 19 heavy (non-hydrogen) atoms. The number of benzene rings is 1. The van der Waals surface area contributed by atoms with E-state index in [0.717, 1.165) is 0 Å². The number of ether oxygens (including phenoxy) is 1. The summed E-state index contributed by atoms with van der Waals surface area (Å²) in [6.07, 6.45) is 1.44. The van der Waals surface area contributed by atoms with Gasteiger partial charge in [-0.15, -0.1) is 0 Å². The van der Waals surface area contributed by atoms with E-state index in [2.05, 4.69) is 0 Å². The molecule has 0 atom stereocenters. The Bertz CT molecular complexity index is 579. The SMILES string of the molecule is CC(C)(C)OC(=O)C(C#N)=Cc1ccc(C#N)cc1. The Balaban J connectivity index is 2.97. The summed E-state index contributed by atoms with van der Waals surface area (Å²) < 4.78 is 5.13. The van der Waals surface area contributed by atoms with E-state index in [0.29, 0.717) is 11.1 Å². The van der Waals surface area contributed by atoms with Crippen LogP contribution in [-0.2, 0) is 9.53 Å². The van der Waals surface area contributed by atoms with E-state index in [1.165, 1.54) is 6.08 Å². The second kappa shape index (κ2) is 5.84. The van der Waals surface area contributed by atoms with Crippen LogP contribution in [0.25, 0.3) is 6.08 Å². The lowest BCUT2D eigenvalue weighted by atomic mass is 10.1. The molecule has 0 aliphatic rings. The fraction of sp³-hybridized carbons (Fsp3) is 0.267. The lowest BCUT2D eigenvalue weighted by Gasteiger charge is -2.18. The van der Waals surface area contributed by atoms with Crippen LogP contribution in [0.15, 0.2) is 29.8 Å². The van der Waals surface area contributed by atoms with Gasteiger partial charge in [-0.05, 0) is 44.5 Å². The van der Waals surface area contributed by atoms with Gasteiger partial charge < -0.3 is 4.74 Å². The van der Waals surface area contributed by atoms with E-state index < -0.39 is 11.6 Å². The molecule has 0 aromatic heterocycles. The average Bonchev–Trinajstić information content (AvgIpc) is 2.34. The monoisotopic (exact) mass is 254 g/mol. The van der Waals surface area contributed by atoms with E-state index in [9.17, 15) is 4.79 Å². The molecule has 1 aromatic carbocycles. The van der Waals surface area contributed by atoms with Gasteiger partial charge in [-0.2, -0.15) is 10.5 Å². The van der Waals surface area contributed by atoms with Gasteiger partial charge in [-0.1, -0.05) is 12.1 Å². The van der Waals surface area contributed by atoms with Crippen LogP contribution in [0.1, 0.15) is 31.9 Å². The van der Waals surface area contributed by atoms with Crippen molar-refractivity contribution in [2.24, 2.45) is 0 Å². The molecule has 0 aliphatic carbocycles. The van der Waals surface area contributed by atoms with Crippen molar-refractivity contribution in [1.82, 2.24) is 0 Å². The Morgan fingerprint density at radius 3 is 2.21 bits per heavy atom. The van der Waals surface area contributed by atoms with Gasteiger partial charge in [0, 0.05) is 0 Å². The van der Waals surface area contributed by atoms with Crippen LogP contribution in [0, 0.1) is 22.7 Å². The molecule has 4 nitrogen and oxygen atoms in total. The maximum Gasteiger partial charge on any atom is 0.349 e. The maximum absolute atomic E-state index is 11.8. The zero-order valence-electron chi connectivity index (χ0n) is 11.1. The predicted molar refractivity (Wildman–Crippen MR) is 70.6 cm³/mol. The Labute approximate surface area is 112 Å². The first kappa shape index (κ1) is 14.5. The number of hydrogen-bond donors (Lipinski definition) is 0. The first-order valence-electron chi connectivity index (χ1n) is 5.71. The molecule has 0 saturated carbocycles. The molecular formula is C15H14N2O2. The van der Waals surface area contributed by atoms with Crippen molar-refractivity contribution in [2.75, 3.05) is 0 Å². The Morgan fingerprint density at radius 2 is 1.79 bits per heavy atom. The molecule has 0 saturated heterocycles. The van der Waals surface area contributed by atoms with Crippen molar-refractivity contribution in [3.8, 4) is 12.1 Å². The van der Waals surface area contributed by atoms with Gasteiger partial charge in [0.25, 0.3) is 0 Å². The molecule has 96 valence electrons. The predicted octanol–water partition coefficient (Wildman–Crippen LogP) is 2.81. The van der Waals surface area contributed by atoms with Crippen molar-refractivity contribution in [3.63, 3.8) is 0 Å². The summed E-state index contributed by atoms with van der Waals surface area (Å²) in [4.78, 5) is 11.8. The Morgan fingerprint density at radius 1 is 1.21 bits per heavy atom. The van der Waals surface area contributed by atoms with Crippen molar-refractivity contribution in [2.45, 2.75) is 26.4 Å². The second-order valence-corrected chi connectivity index (χ2v) is 4.91. The van der Waals surface area contributed by atoms with Gasteiger partial charge in [0.05, 0.1) is 11.6 Å². The second-order valence-electron chi connectivity index (χ2n) is 4.91. The van der Waals surface area contributed by atoms with Gasteiger partial charge in [0.15, 0.2) is 0 Å². The third-order valence-electron chi connectivity index (χ3n) is 2.09. The van der Waals surface area contributed by atoms with Gasteiger partial charge in [0.1, 0.15) is 17.2 Å². The number of nitriles is 2. The smallest absolute Gasteiger partial charge is 0.349 e. The standard InChI is InChI=1S/C15H14N2O2/c1-15(2,3)19-14(18)13(10-17)8-11-4-6-12(9-16)7-5-11/h4-8H,1-3H3. The molecule has 0 amide bonds. The third-order valence-corrected chi connectivity index (χ3v) is 2.09. The molecule has 0 heterocycles. The van der Waals surface area contributed by atoms with Gasteiger partial charge in [-0.25, -0.2) is 4.79 Å². The van der Waals surface area contributed by atoms with Crippen molar-refractivity contribution in [3.05, 3.63) is 41.0 Å². The van der Waals surface area contributed by atoms with Crippen LogP contribution in [-0.4, -0.2) is 11.6 Å². The highest BCUT2D eigenvalue weighted by Gasteiger charge is 2.19. The third kappa shape index (κ3) is 4.65. The zero-order valence-corrected chi connectivity index (χ0v) is 11.1. The van der Waals surface area contributed by atoms with E-state index in [1.54, 1.807) is 45.0 Å². The van der Waals surface area contributed by atoms with Crippen molar-refractivity contribution < 1.29 is 9.53 Å². The van der Waals surface area contributed by atoms with Crippen LogP contribution < -0.4 is 0 Å². The lowest BCUT2D eigenvalue weighted by molar-refractivity contribution is -0.149. The van der Waals surface area contributed by atoms with Crippen LogP contribution in [0.5, 0.6) is 0 Å². The first-order valence-corrected chi connectivity index (χ1v) is 5.71. The minimum Gasteiger partial charge on any atom is -0.456 e. The van der Waals surface area contributed by atoms with E-state index in [4.69, 9.17) is 15.3 Å². The van der Waals surface area contributed by atoms with Gasteiger partial charge >= 0.3 is 5.97 Å². The molecule has 0 N–H and O–H groups in total. The number of esters is 1. The van der Waals surface area contributed by atoms with Crippen LogP contribution >= 0.6 is 0 Å². The zero-order chi connectivity index (χ0) is 14.5. The number of hydrogen-bond acceptors (Lipinski definition) is 4. The summed E-state index contributed by atoms with van der Waals surface area (Å²) in [5.41, 5.74) is 0.478. The van der Waals surface area contributed by atoms with E-state index >= 15 is 0 Å². The maximum atomic E-state index is 11.8. The molecule has 1 aromatic rings. The van der Waals surface area contributed by atoms with Crippen LogP contribution in [0.4, 0.5) is 0 Å². The topological polar surface area (TPSA) is 73.9 Å². The highest BCUT2D eigenvalue weighted by Crippen LogP contribution is 2.14. The molecule has 1 rings (SSSR count). The largest absolute Gasteiger partial charge is 0.456 e. The number of carbonyl (C=O) groups excluding carboxylic acids is 1. The first-order chi connectivity index (χ1) is 8.85. The van der Waals surface area contributed by atoms with Crippen LogP contribution in [0.2, 0.25) is 0 Å². The molecular weight excluding hydrogens is 240 g/mol. The summed E-state index contributed by atoms with van der Waals surface area (Å²) in [7, 11) is 0. The van der Waals surface area contributed by atoms with Gasteiger partial charge in [0.2, 0.25) is 0 Å². The fourth-order valence-corrected chi connectivity index (χ4v) is 1.29. The van der Waals surface area contributed by atoms with Crippen molar-refractivity contribution in [1.29, 1.82) is 10.5 Å². The molecule has 0 fully saturated rings. The van der Waals surface area contributed by atoms with Crippen LogP contribution in [0.3, 0.4) is 0 Å². The highest BCUT2D eigenvalue weighted by molar-refractivity contribution is 5.98. The summed E-state index contributed by atoms with van der Waals surface area (Å²) >= 11 is 0. The Kier molecular flexibility index (Phi) is 4.45. The molecule has 0 unspecified atom stereocenters. The molecule has 0 aliphatic heterocycles. The fourth-order valence-electron chi connectivity index (χ4n) is 1.29. The molecule has 0 bridgehead atoms. The Hall–Kier alpha value is -2.59. The summed E-state index contributed by atoms with van der Waals surface area (Å²) in [6.45, 7) is 5.21. The minimum atomic E-state index is -0.653. The summed E-state index contributed by atoms with van der Waals surface area (Å²) in [5.74, 6) is -0.653. The van der Waals surface area contributed by atoms with E-state index in [1.807, 2.05) is 12.1 Å². The summed E-state index contributed by atoms with van der Waals surface area (Å²) in [5, 5.41) is 17.7.